The first-order valence-corrected chi connectivity index (χ1v) is 8.14. The summed E-state index contributed by atoms with van der Waals surface area (Å²) in [7, 11) is -7.09. The average Bonchev–Trinajstić information content (AvgIpc) is 2.07. The van der Waals surface area contributed by atoms with E-state index < -0.39 is 25.8 Å². The maximum absolute atomic E-state index is 11.0. The second-order valence-electron chi connectivity index (χ2n) is 3.45. The van der Waals surface area contributed by atoms with Gasteiger partial charge in [-0.15, -0.1) is 0 Å². The minimum Gasteiger partial charge on any atom is -0.504 e. The van der Waals surface area contributed by atoms with Gasteiger partial charge in [0.25, 0.3) is 0 Å². The maximum Gasteiger partial charge on any atom is 0.229 e. The predicted octanol–water partition coefficient (Wildman–Crippen LogP) is 0.135. The summed E-state index contributed by atoms with van der Waals surface area (Å²) in [6.45, 7) is 0. The monoisotopic (exact) mass is 280 g/mol. The van der Waals surface area contributed by atoms with Gasteiger partial charge in [-0.2, -0.15) is 0 Å². The summed E-state index contributed by atoms with van der Waals surface area (Å²) in [6, 6.07) is 4.02. The molecule has 1 aromatic rings. The van der Waals surface area contributed by atoms with E-state index in [-0.39, 0.29) is 11.4 Å². The Bertz CT molecular complexity index is 569. The van der Waals surface area contributed by atoms with Crippen LogP contribution in [0.1, 0.15) is 0 Å². The van der Waals surface area contributed by atoms with Gasteiger partial charge in [0, 0.05) is 0 Å². The van der Waals surface area contributed by atoms with Gasteiger partial charge in [0.05, 0.1) is 23.9 Å². The van der Waals surface area contributed by atoms with Crippen LogP contribution in [0.15, 0.2) is 18.2 Å². The van der Waals surface area contributed by atoms with E-state index in [1.165, 1.54) is 18.2 Å². The fourth-order valence-electron chi connectivity index (χ4n) is 1.11. The number of sulfonamides is 2. The minimum atomic E-state index is -3.55. The van der Waals surface area contributed by atoms with E-state index in [9.17, 15) is 21.9 Å². The third-order valence-corrected chi connectivity index (χ3v) is 2.81. The molecule has 0 aliphatic rings. The van der Waals surface area contributed by atoms with Crippen LogP contribution in [0.2, 0.25) is 0 Å². The second kappa shape index (κ2) is 4.41. The summed E-state index contributed by atoms with van der Waals surface area (Å²) in [5.41, 5.74) is -0.192. The molecule has 0 aliphatic carbocycles. The third kappa shape index (κ3) is 4.49. The highest BCUT2D eigenvalue weighted by Gasteiger charge is 2.12. The van der Waals surface area contributed by atoms with Gasteiger partial charge in [0.2, 0.25) is 20.0 Å². The Balaban J connectivity index is 3.16. The van der Waals surface area contributed by atoms with Crippen LogP contribution in [-0.2, 0) is 20.0 Å². The van der Waals surface area contributed by atoms with Gasteiger partial charge >= 0.3 is 0 Å². The van der Waals surface area contributed by atoms with Crippen molar-refractivity contribution in [1.82, 2.24) is 0 Å². The summed E-state index contributed by atoms with van der Waals surface area (Å²) in [5, 5.41) is 9.66. The third-order valence-electron chi connectivity index (χ3n) is 1.63. The number of rotatable bonds is 4. The summed E-state index contributed by atoms with van der Waals surface area (Å²) in [6.07, 6.45) is 1.84. The van der Waals surface area contributed by atoms with Crippen molar-refractivity contribution in [1.29, 1.82) is 0 Å². The maximum atomic E-state index is 11.0. The molecule has 0 spiro atoms. The number of hydrogen-bond donors (Lipinski definition) is 3. The van der Waals surface area contributed by atoms with Crippen LogP contribution in [0.4, 0.5) is 11.4 Å². The summed E-state index contributed by atoms with van der Waals surface area (Å²) < 4.78 is 48.1. The van der Waals surface area contributed by atoms with Crippen LogP contribution in [0.25, 0.3) is 0 Å². The quantitative estimate of drug-likeness (QED) is 0.679. The topological polar surface area (TPSA) is 113 Å². The molecule has 0 fully saturated rings. The first-order chi connectivity index (χ1) is 7.58. The molecule has 0 saturated carbocycles. The molecular formula is C8H12N2O5S2. The van der Waals surface area contributed by atoms with Gasteiger partial charge in [-0.1, -0.05) is 6.07 Å². The molecule has 96 valence electrons. The lowest BCUT2D eigenvalue weighted by molar-refractivity contribution is 0.480. The molecule has 0 unspecified atom stereocenters. The fraction of sp³-hybridized carbons (Fsp3) is 0.250. The lowest BCUT2D eigenvalue weighted by Gasteiger charge is -2.11. The highest BCUT2D eigenvalue weighted by molar-refractivity contribution is 7.92. The average molecular weight is 280 g/mol. The van der Waals surface area contributed by atoms with Crippen LogP contribution in [0.3, 0.4) is 0 Å². The lowest BCUT2D eigenvalue weighted by atomic mass is 10.2. The van der Waals surface area contributed by atoms with E-state index in [0.717, 1.165) is 12.5 Å². The van der Waals surface area contributed by atoms with Crippen molar-refractivity contribution in [2.75, 3.05) is 22.0 Å². The molecule has 0 aromatic heterocycles. The Kier molecular flexibility index (Phi) is 3.53. The van der Waals surface area contributed by atoms with E-state index in [1.807, 2.05) is 0 Å². The molecule has 9 heteroatoms. The zero-order chi connectivity index (χ0) is 13.3. The van der Waals surface area contributed by atoms with Crippen LogP contribution >= 0.6 is 0 Å². The molecule has 1 aromatic carbocycles. The van der Waals surface area contributed by atoms with Gasteiger partial charge < -0.3 is 5.11 Å². The van der Waals surface area contributed by atoms with Crippen LogP contribution in [0, 0.1) is 0 Å². The number of nitrogens with one attached hydrogen (secondary N) is 2. The predicted molar refractivity (Wildman–Crippen MR) is 65.0 cm³/mol. The van der Waals surface area contributed by atoms with Gasteiger partial charge in [-0.25, -0.2) is 16.8 Å². The van der Waals surface area contributed by atoms with Crippen molar-refractivity contribution < 1.29 is 21.9 Å². The van der Waals surface area contributed by atoms with Crippen molar-refractivity contribution in [3.05, 3.63) is 18.2 Å². The van der Waals surface area contributed by atoms with Crippen molar-refractivity contribution >= 4 is 31.4 Å². The van der Waals surface area contributed by atoms with Crippen molar-refractivity contribution in [3.8, 4) is 5.75 Å². The second-order valence-corrected chi connectivity index (χ2v) is 6.95. The molecule has 0 atom stereocenters. The highest BCUT2D eigenvalue weighted by atomic mass is 32.2. The van der Waals surface area contributed by atoms with E-state index in [2.05, 4.69) is 9.44 Å². The first kappa shape index (κ1) is 13.6. The van der Waals surface area contributed by atoms with Crippen molar-refractivity contribution in [2.45, 2.75) is 0 Å². The molecule has 0 aliphatic heterocycles. The van der Waals surface area contributed by atoms with Gasteiger partial charge in [0.1, 0.15) is 0 Å². The number of phenols is 1. The molecule has 0 radical (unpaired) electrons. The Hall–Kier alpha value is -1.48. The Morgan fingerprint density at radius 3 is 1.59 bits per heavy atom. The lowest BCUT2D eigenvalue weighted by Crippen LogP contribution is -2.12. The molecule has 0 amide bonds. The Morgan fingerprint density at radius 1 is 0.941 bits per heavy atom. The summed E-state index contributed by atoms with van der Waals surface area (Å²) >= 11 is 0. The normalized spacial score (nSPS) is 12.1. The zero-order valence-corrected chi connectivity index (χ0v) is 10.8. The SMILES string of the molecule is CS(=O)(=O)Nc1cccc(NS(C)(=O)=O)c1O. The summed E-state index contributed by atoms with van der Waals surface area (Å²) in [5.74, 6) is -0.483. The Labute approximate surface area is 99.6 Å². The van der Waals surface area contributed by atoms with Gasteiger partial charge in [0.15, 0.2) is 5.75 Å². The number of aromatic hydroxyl groups is 1. The number of hydrogen-bond acceptors (Lipinski definition) is 5. The standard InChI is InChI=1S/C8H12N2O5S2/c1-16(12,13)9-6-4-3-5-7(8(6)11)10-17(2,14)15/h3-5,9-11H,1-2H3. The van der Waals surface area contributed by atoms with Crippen LogP contribution in [0.5, 0.6) is 5.75 Å². The van der Waals surface area contributed by atoms with E-state index in [0.29, 0.717) is 0 Å². The highest BCUT2D eigenvalue weighted by Crippen LogP contribution is 2.32. The smallest absolute Gasteiger partial charge is 0.229 e. The zero-order valence-electron chi connectivity index (χ0n) is 9.13. The summed E-state index contributed by atoms with van der Waals surface area (Å²) in [4.78, 5) is 0. The molecule has 7 nitrogen and oxygen atoms in total. The van der Waals surface area contributed by atoms with Crippen molar-refractivity contribution in [3.63, 3.8) is 0 Å². The number of anilines is 2. The molecule has 3 N–H and O–H groups in total. The molecule has 0 saturated heterocycles. The van der Waals surface area contributed by atoms with Gasteiger partial charge in [-0.3, -0.25) is 9.44 Å². The van der Waals surface area contributed by atoms with E-state index in [1.54, 1.807) is 0 Å². The number of benzene rings is 1. The Morgan fingerprint density at radius 2 is 1.29 bits per heavy atom. The fourth-order valence-corrected chi connectivity index (χ4v) is 2.24. The van der Waals surface area contributed by atoms with Crippen LogP contribution in [-0.4, -0.2) is 34.5 Å². The molecule has 0 bridgehead atoms. The minimum absolute atomic E-state index is 0.0962. The van der Waals surface area contributed by atoms with Crippen LogP contribution < -0.4 is 9.44 Å². The number of para-hydroxylation sites is 1. The largest absolute Gasteiger partial charge is 0.504 e. The molecule has 0 heterocycles. The molecular weight excluding hydrogens is 268 g/mol. The molecule has 1 rings (SSSR count). The van der Waals surface area contributed by atoms with Crippen molar-refractivity contribution in [2.24, 2.45) is 0 Å². The molecule has 17 heavy (non-hydrogen) atoms. The van der Waals surface area contributed by atoms with E-state index in [4.69, 9.17) is 0 Å². The number of phenolic OH excluding ortho intramolecular Hbond substituents is 1. The first-order valence-electron chi connectivity index (χ1n) is 4.36. The van der Waals surface area contributed by atoms with E-state index >= 15 is 0 Å². The van der Waals surface area contributed by atoms with Gasteiger partial charge in [-0.05, 0) is 12.1 Å².